The molecule has 3 aromatic carbocycles. The first kappa shape index (κ1) is 20.6. The summed E-state index contributed by atoms with van der Waals surface area (Å²) in [7, 11) is 1.61. The number of ether oxygens (including phenoxy) is 1. The van der Waals surface area contributed by atoms with Crippen LogP contribution in [0.25, 0.3) is 22.5 Å². The zero-order valence-corrected chi connectivity index (χ0v) is 17.8. The Morgan fingerprint density at radius 2 is 1.39 bits per heavy atom. The highest BCUT2D eigenvalue weighted by atomic mass is 32.2. The van der Waals surface area contributed by atoms with Crippen LogP contribution in [0.1, 0.15) is 0 Å². The Hall–Kier alpha value is -3.64. The summed E-state index contributed by atoms with van der Waals surface area (Å²) >= 11 is 1.31. The molecule has 0 saturated carbocycles. The lowest BCUT2D eigenvalue weighted by atomic mass is 10.1. The summed E-state index contributed by atoms with van der Waals surface area (Å²) in [6.07, 6.45) is 0. The number of nitrogens with one attached hydrogen (secondary N) is 1. The minimum atomic E-state index is -0.120. The summed E-state index contributed by atoms with van der Waals surface area (Å²) in [5.41, 5.74) is 4.38. The van der Waals surface area contributed by atoms with E-state index in [-0.39, 0.29) is 11.7 Å². The molecule has 1 aromatic heterocycles. The molecule has 5 nitrogen and oxygen atoms in total. The zero-order chi connectivity index (χ0) is 21.5. The van der Waals surface area contributed by atoms with Gasteiger partial charge in [-0.25, -0.2) is 9.97 Å². The van der Waals surface area contributed by atoms with Crippen LogP contribution in [0, 0.1) is 0 Å². The van der Waals surface area contributed by atoms with Crippen molar-refractivity contribution < 1.29 is 9.53 Å². The molecule has 0 atom stereocenters. The van der Waals surface area contributed by atoms with Crippen LogP contribution in [0.15, 0.2) is 96.2 Å². The SMILES string of the molecule is COc1ccc(NC(=O)CSc2nc(-c3ccccc3)cc(-c3ccccc3)n2)cc1. The van der Waals surface area contributed by atoms with Gasteiger partial charge in [-0.3, -0.25) is 4.79 Å². The molecule has 1 heterocycles. The Bertz CT molecular complexity index is 1090. The monoisotopic (exact) mass is 427 g/mol. The number of methoxy groups -OCH3 is 1. The number of benzene rings is 3. The summed E-state index contributed by atoms with van der Waals surface area (Å²) in [5, 5.41) is 3.45. The van der Waals surface area contributed by atoms with Crippen LogP contribution >= 0.6 is 11.8 Å². The lowest BCUT2D eigenvalue weighted by molar-refractivity contribution is -0.113. The molecule has 6 heteroatoms. The maximum absolute atomic E-state index is 12.4. The van der Waals surface area contributed by atoms with Gasteiger partial charge in [-0.05, 0) is 30.3 Å². The van der Waals surface area contributed by atoms with Gasteiger partial charge < -0.3 is 10.1 Å². The van der Waals surface area contributed by atoms with Gasteiger partial charge in [-0.15, -0.1) is 0 Å². The minimum absolute atomic E-state index is 0.120. The first-order valence-electron chi connectivity index (χ1n) is 9.78. The number of aromatic nitrogens is 2. The van der Waals surface area contributed by atoms with Crippen molar-refractivity contribution in [1.82, 2.24) is 9.97 Å². The number of anilines is 1. The summed E-state index contributed by atoms with van der Waals surface area (Å²) in [6, 6.07) is 29.1. The van der Waals surface area contributed by atoms with E-state index in [0.29, 0.717) is 5.16 Å². The molecule has 31 heavy (non-hydrogen) atoms. The van der Waals surface area contributed by atoms with Crippen LogP contribution < -0.4 is 10.1 Å². The first-order chi connectivity index (χ1) is 15.2. The molecule has 0 bridgehead atoms. The number of rotatable bonds is 7. The molecule has 0 aliphatic carbocycles. The highest BCUT2D eigenvalue weighted by Crippen LogP contribution is 2.27. The van der Waals surface area contributed by atoms with Gasteiger partial charge in [0.25, 0.3) is 0 Å². The van der Waals surface area contributed by atoms with Crippen molar-refractivity contribution in [2.24, 2.45) is 0 Å². The van der Waals surface area contributed by atoms with Gasteiger partial charge in [0, 0.05) is 16.8 Å². The second-order valence-corrected chi connectivity index (χ2v) is 7.66. The van der Waals surface area contributed by atoms with Crippen molar-refractivity contribution in [2.75, 3.05) is 18.2 Å². The van der Waals surface area contributed by atoms with Gasteiger partial charge in [0.15, 0.2) is 5.16 Å². The number of carbonyl (C=O) groups excluding carboxylic acids is 1. The summed E-state index contributed by atoms with van der Waals surface area (Å²) in [6.45, 7) is 0. The Kier molecular flexibility index (Phi) is 6.59. The molecule has 4 aromatic rings. The van der Waals surface area contributed by atoms with Gasteiger partial charge >= 0.3 is 0 Å². The van der Waals surface area contributed by atoms with Gasteiger partial charge in [0.2, 0.25) is 5.91 Å². The highest BCUT2D eigenvalue weighted by Gasteiger charge is 2.11. The molecule has 0 spiro atoms. The molecule has 0 unspecified atom stereocenters. The fourth-order valence-corrected chi connectivity index (χ4v) is 3.66. The predicted octanol–water partition coefficient (Wildman–Crippen LogP) is 5.55. The Morgan fingerprint density at radius 3 is 1.90 bits per heavy atom. The van der Waals surface area contributed by atoms with E-state index in [1.165, 1.54) is 11.8 Å². The standard InChI is InChI=1S/C25H21N3O2S/c1-30-21-14-12-20(13-15-21)26-24(29)17-31-25-27-22(18-8-4-2-5-9-18)16-23(28-25)19-10-6-3-7-11-19/h2-16H,17H2,1H3,(H,26,29). The highest BCUT2D eigenvalue weighted by molar-refractivity contribution is 7.99. The molecule has 154 valence electrons. The van der Waals surface area contributed by atoms with Crippen LogP contribution in [0.4, 0.5) is 5.69 Å². The summed E-state index contributed by atoms with van der Waals surface area (Å²) in [4.78, 5) is 21.8. The van der Waals surface area contributed by atoms with Crippen LogP contribution in [0.3, 0.4) is 0 Å². The quantitative estimate of drug-likeness (QED) is 0.309. The molecule has 0 aliphatic heterocycles. The topological polar surface area (TPSA) is 64.1 Å². The first-order valence-corrected chi connectivity index (χ1v) is 10.8. The van der Waals surface area contributed by atoms with Gasteiger partial charge in [0.1, 0.15) is 5.75 Å². The predicted molar refractivity (Wildman–Crippen MR) is 125 cm³/mol. The zero-order valence-electron chi connectivity index (χ0n) is 17.0. The second kappa shape index (κ2) is 9.91. The summed E-state index contributed by atoms with van der Waals surface area (Å²) < 4.78 is 5.14. The van der Waals surface area contributed by atoms with Gasteiger partial charge in [0.05, 0.1) is 24.3 Å². The summed E-state index contributed by atoms with van der Waals surface area (Å²) in [5.74, 6) is 0.829. The molecule has 0 radical (unpaired) electrons. The maximum atomic E-state index is 12.4. The van der Waals surface area contributed by atoms with E-state index in [1.807, 2.05) is 66.7 Å². The molecule has 1 N–H and O–H groups in total. The van der Waals surface area contributed by atoms with Crippen LogP contribution in [-0.4, -0.2) is 28.7 Å². The number of hydrogen-bond acceptors (Lipinski definition) is 5. The van der Waals surface area contributed by atoms with E-state index in [4.69, 9.17) is 4.74 Å². The van der Waals surface area contributed by atoms with Crippen molar-refractivity contribution in [3.05, 3.63) is 91.0 Å². The third kappa shape index (κ3) is 5.49. The van der Waals surface area contributed by atoms with E-state index in [9.17, 15) is 4.79 Å². The van der Waals surface area contributed by atoms with Crippen molar-refractivity contribution >= 4 is 23.4 Å². The molecule has 1 amide bonds. The lowest BCUT2D eigenvalue weighted by Crippen LogP contribution is -2.14. The third-order valence-corrected chi connectivity index (χ3v) is 5.40. The van der Waals surface area contributed by atoms with E-state index in [0.717, 1.165) is 34.0 Å². The molecule has 4 rings (SSSR count). The van der Waals surface area contributed by atoms with Gasteiger partial charge in [-0.1, -0.05) is 72.4 Å². The largest absolute Gasteiger partial charge is 0.497 e. The molecular weight excluding hydrogens is 406 g/mol. The van der Waals surface area contributed by atoms with E-state index >= 15 is 0 Å². The maximum Gasteiger partial charge on any atom is 0.234 e. The average Bonchev–Trinajstić information content (AvgIpc) is 2.84. The molecule has 0 aliphatic rings. The van der Waals surface area contributed by atoms with Crippen molar-refractivity contribution in [1.29, 1.82) is 0 Å². The van der Waals surface area contributed by atoms with E-state index in [1.54, 1.807) is 31.4 Å². The van der Waals surface area contributed by atoms with Crippen LogP contribution in [0.2, 0.25) is 0 Å². The lowest BCUT2D eigenvalue weighted by Gasteiger charge is -2.09. The minimum Gasteiger partial charge on any atom is -0.497 e. The molecule has 0 saturated heterocycles. The van der Waals surface area contributed by atoms with Gasteiger partial charge in [-0.2, -0.15) is 0 Å². The fourth-order valence-electron chi connectivity index (χ4n) is 3.00. The smallest absolute Gasteiger partial charge is 0.234 e. The second-order valence-electron chi connectivity index (χ2n) is 6.72. The fraction of sp³-hybridized carbons (Fsp3) is 0.0800. The number of carbonyl (C=O) groups is 1. The van der Waals surface area contributed by atoms with Crippen molar-refractivity contribution in [3.63, 3.8) is 0 Å². The van der Waals surface area contributed by atoms with E-state index in [2.05, 4.69) is 15.3 Å². The van der Waals surface area contributed by atoms with Crippen LogP contribution in [0.5, 0.6) is 5.75 Å². The number of amides is 1. The Morgan fingerprint density at radius 1 is 0.839 bits per heavy atom. The Balaban J connectivity index is 1.53. The number of nitrogens with zero attached hydrogens (tertiary/aromatic N) is 2. The number of thioether (sulfide) groups is 1. The third-order valence-electron chi connectivity index (χ3n) is 4.55. The normalized spacial score (nSPS) is 10.5. The Labute approximate surface area is 185 Å². The van der Waals surface area contributed by atoms with Crippen molar-refractivity contribution in [3.8, 4) is 28.3 Å². The average molecular weight is 428 g/mol. The molecule has 0 fully saturated rings. The van der Waals surface area contributed by atoms with E-state index < -0.39 is 0 Å². The van der Waals surface area contributed by atoms with Crippen molar-refractivity contribution in [2.45, 2.75) is 5.16 Å². The molecular formula is C25H21N3O2S. The number of hydrogen-bond donors (Lipinski definition) is 1. The van der Waals surface area contributed by atoms with Crippen LogP contribution in [-0.2, 0) is 4.79 Å².